The van der Waals surface area contributed by atoms with Gasteiger partial charge in [0.15, 0.2) is 25.5 Å². The summed E-state index contributed by atoms with van der Waals surface area (Å²) in [4.78, 5) is 54.2. The summed E-state index contributed by atoms with van der Waals surface area (Å²) in [5.74, 6) is -6.05. The van der Waals surface area contributed by atoms with E-state index in [2.05, 4.69) is 0 Å². The Balaban J connectivity index is 0.000000398. The third kappa shape index (κ3) is 20.0. The molecule has 25 heteroatoms. The van der Waals surface area contributed by atoms with Crippen molar-refractivity contribution in [1.82, 2.24) is 5.06 Å². The average Bonchev–Trinajstić information content (AvgIpc) is 3.69. The first-order valence-electron chi connectivity index (χ1n) is 22.6. The standard InChI is InChI=1S/C29H27NO9S2.C18H38O13/c1-19-3-11-24(12-4-19)40(35,36)17-23(18-41(37,38)25-13-5-20(2)6-14-25)28(33)21-7-9-22(10-8-21)29(34)39-30-26(31)15-16-27(30)32;19-1-13(2-20)27-9-17(10-28-14(3-21)4-22)31-18(11-29-15(5-23)6-24)12-30-16(7-25)8-26/h3-14,23H,15-18H2,1-2H3;13-26H,1-12H2. The highest BCUT2D eigenvalue weighted by Gasteiger charge is 2.35. The number of hydrogen-bond acceptors (Lipinski definition) is 22. The molecular formula is C47H65NO22S2. The molecule has 0 unspecified atom stereocenters. The molecule has 0 bridgehead atoms. The Morgan fingerprint density at radius 3 is 1.10 bits per heavy atom. The highest BCUT2D eigenvalue weighted by atomic mass is 32.2. The van der Waals surface area contributed by atoms with E-state index < -0.39 is 150 Å². The zero-order valence-corrected chi connectivity index (χ0v) is 41.5. The number of sulfone groups is 2. The van der Waals surface area contributed by atoms with Crippen molar-refractivity contribution in [2.45, 2.75) is 73.1 Å². The molecule has 23 nitrogen and oxygen atoms in total. The second kappa shape index (κ2) is 31.1. The molecule has 1 heterocycles. The van der Waals surface area contributed by atoms with Crippen molar-refractivity contribution >= 4 is 43.2 Å². The molecule has 72 heavy (non-hydrogen) atoms. The first-order valence-corrected chi connectivity index (χ1v) is 25.9. The zero-order chi connectivity index (χ0) is 53.4. The van der Waals surface area contributed by atoms with E-state index in [0.717, 1.165) is 11.1 Å². The van der Waals surface area contributed by atoms with E-state index in [1.807, 2.05) is 0 Å². The van der Waals surface area contributed by atoms with Crippen LogP contribution in [0.5, 0.6) is 0 Å². The molecule has 402 valence electrons. The van der Waals surface area contributed by atoms with Crippen LogP contribution in [-0.2, 0) is 57.8 Å². The molecular weight excluding hydrogens is 995 g/mol. The van der Waals surface area contributed by atoms with Crippen LogP contribution in [0.3, 0.4) is 0 Å². The van der Waals surface area contributed by atoms with E-state index in [0.29, 0.717) is 5.06 Å². The Labute approximate surface area is 417 Å². The van der Waals surface area contributed by atoms with Crippen molar-refractivity contribution in [3.63, 3.8) is 0 Å². The van der Waals surface area contributed by atoms with E-state index >= 15 is 0 Å². The topological polar surface area (TPSA) is 357 Å². The Kier molecular flexibility index (Phi) is 26.7. The Hall–Kier alpha value is -4.68. The molecule has 0 saturated carbocycles. The van der Waals surface area contributed by atoms with Gasteiger partial charge in [0.25, 0.3) is 11.8 Å². The SMILES string of the molecule is Cc1ccc(S(=O)(=O)CC(CS(=O)(=O)c2ccc(C)cc2)C(=O)c2ccc(C(=O)ON3C(=O)CCC3=O)cc2)cc1.OCC(CO)OCC(COC(CO)CO)OC(COC(CO)CO)COC(CO)CO. The van der Waals surface area contributed by atoms with Crippen LogP contribution in [0.4, 0.5) is 0 Å². The smallest absolute Gasteiger partial charge is 0.363 e. The molecule has 0 spiro atoms. The molecule has 1 fully saturated rings. The number of nitrogens with zero attached hydrogens (tertiary/aromatic N) is 1. The van der Waals surface area contributed by atoms with Crippen LogP contribution < -0.4 is 0 Å². The first kappa shape index (κ1) is 61.6. The quantitative estimate of drug-likeness (QED) is 0.0260. The maximum atomic E-state index is 13.6. The molecule has 4 rings (SSSR count). The number of ketones is 1. The lowest BCUT2D eigenvalue weighted by Crippen LogP contribution is -2.41. The molecule has 1 aliphatic heterocycles. The van der Waals surface area contributed by atoms with Gasteiger partial charge in [-0.1, -0.05) is 47.5 Å². The first-order chi connectivity index (χ1) is 34.3. The Bertz CT molecular complexity index is 2170. The maximum absolute atomic E-state index is 13.6. The summed E-state index contributed by atoms with van der Waals surface area (Å²) in [6.07, 6.45) is -5.21. The van der Waals surface area contributed by atoms with E-state index in [9.17, 15) is 36.0 Å². The van der Waals surface area contributed by atoms with Gasteiger partial charge in [-0.3, -0.25) is 14.4 Å². The van der Waals surface area contributed by atoms with Gasteiger partial charge >= 0.3 is 5.97 Å². The second-order valence-electron chi connectivity index (χ2n) is 16.5. The number of aliphatic hydroxyl groups is 8. The number of Topliss-reactive ketones (excluding diaryl/α,β-unsaturated/α-hetero) is 1. The summed E-state index contributed by atoms with van der Waals surface area (Å²) < 4.78 is 80.3. The molecule has 8 N–H and O–H groups in total. The van der Waals surface area contributed by atoms with Gasteiger partial charge in [0, 0.05) is 18.4 Å². The fourth-order valence-corrected chi connectivity index (χ4v) is 9.60. The number of rotatable bonds is 32. The minimum Gasteiger partial charge on any atom is -0.394 e. The van der Waals surface area contributed by atoms with Crippen molar-refractivity contribution in [3.8, 4) is 0 Å². The van der Waals surface area contributed by atoms with Crippen LogP contribution in [0.25, 0.3) is 0 Å². The number of benzene rings is 3. The summed E-state index contributed by atoms with van der Waals surface area (Å²) in [7, 11) is -8.13. The largest absolute Gasteiger partial charge is 0.394 e. The lowest BCUT2D eigenvalue weighted by atomic mass is 10.00. The number of carbonyl (C=O) groups excluding carboxylic acids is 4. The van der Waals surface area contributed by atoms with E-state index in [1.54, 1.807) is 38.1 Å². The fourth-order valence-electron chi connectivity index (χ4n) is 6.36. The van der Waals surface area contributed by atoms with E-state index in [1.165, 1.54) is 48.5 Å². The molecule has 0 radical (unpaired) electrons. The van der Waals surface area contributed by atoms with Crippen molar-refractivity contribution in [2.24, 2.45) is 5.92 Å². The van der Waals surface area contributed by atoms with Gasteiger partial charge in [-0.2, -0.15) is 0 Å². The summed E-state index contributed by atoms with van der Waals surface area (Å²) >= 11 is 0. The van der Waals surface area contributed by atoms with Crippen molar-refractivity contribution in [2.75, 3.05) is 90.8 Å². The molecule has 0 aromatic heterocycles. The lowest BCUT2D eigenvalue weighted by Gasteiger charge is -2.28. The van der Waals surface area contributed by atoms with Gasteiger partial charge in [-0.05, 0) is 50.2 Å². The van der Waals surface area contributed by atoms with Gasteiger partial charge < -0.3 is 69.4 Å². The van der Waals surface area contributed by atoms with E-state index in [4.69, 9.17) is 69.4 Å². The fraction of sp³-hybridized carbons (Fsp3) is 0.532. The van der Waals surface area contributed by atoms with E-state index in [-0.39, 0.29) is 60.2 Å². The molecule has 2 amide bonds. The molecule has 3 aromatic carbocycles. The number of hydrogen-bond donors (Lipinski definition) is 8. The summed E-state index contributed by atoms with van der Waals surface area (Å²) in [6.45, 7) is -0.435. The molecule has 1 saturated heterocycles. The molecule has 0 aliphatic carbocycles. The monoisotopic (exact) mass is 1060 g/mol. The van der Waals surface area contributed by atoms with Crippen LogP contribution in [0, 0.1) is 19.8 Å². The number of ether oxygens (including phenoxy) is 5. The Morgan fingerprint density at radius 2 is 0.792 bits per heavy atom. The highest BCUT2D eigenvalue weighted by molar-refractivity contribution is 7.92. The van der Waals surface area contributed by atoms with Crippen molar-refractivity contribution in [1.29, 1.82) is 0 Å². The van der Waals surface area contributed by atoms with Crippen LogP contribution in [0.1, 0.15) is 44.7 Å². The number of hydroxylamine groups is 2. The summed E-state index contributed by atoms with van der Waals surface area (Å²) in [6, 6.07) is 16.9. The van der Waals surface area contributed by atoms with Gasteiger partial charge in [0.05, 0.1) is 112 Å². The van der Waals surface area contributed by atoms with Crippen LogP contribution in [0.2, 0.25) is 0 Å². The normalized spacial score (nSPS) is 13.4. The number of aliphatic hydroxyl groups excluding tert-OH is 8. The number of carbonyl (C=O) groups is 4. The average molecular weight is 1060 g/mol. The molecule has 0 atom stereocenters. The van der Waals surface area contributed by atoms with Crippen LogP contribution in [-0.4, -0.2) is 214 Å². The lowest BCUT2D eigenvalue weighted by molar-refractivity contribution is -0.172. The van der Waals surface area contributed by atoms with Gasteiger partial charge in [-0.15, -0.1) is 5.06 Å². The third-order valence-electron chi connectivity index (χ3n) is 10.6. The predicted molar refractivity (Wildman–Crippen MR) is 252 cm³/mol. The van der Waals surface area contributed by atoms with Gasteiger partial charge in [0.2, 0.25) is 0 Å². The molecule has 3 aromatic rings. The summed E-state index contributed by atoms with van der Waals surface area (Å²) in [5, 5.41) is 73.6. The second-order valence-corrected chi connectivity index (χ2v) is 20.5. The molecule has 1 aliphatic rings. The minimum atomic E-state index is -4.06. The summed E-state index contributed by atoms with van der Waals surface area (Å²) in [5.41, 5.74) is 1.55. The van der Waals surface area contributed by atoms with Gasteiger partial charge in [-0.25, -0.2) is 21.6 Å². The zero-order valence-electron chi connectivity index (χ0n) is 39.8. The van der Waals surface area contributed by atoms with Crippen molar-refractivity contribution < 1.29 is 105 Å². The van der Waals surface area contributed by atoms with Gasteiger partial charge in [0.1, 0.15) is 36.6 Å². The highest BCUT2D eigenvalue weighted by Crippen LogP contribution is 2.24. The van der Waals surface area contributed by atoms with Crippen LogP contribution >= 0.6 is 0 Å². The van der Waals surface area contributed by atoms with Crippen molar-refractivity contribution in [3.05, 3.63) is 95.1 Å². The van der Waals surface area contributed by atoms with Crippen LogP contribution in [0.15, 0.2) is 82.6 Å². The number of imide groups is 1. The predicted octanol–water partition coefficient (Wildman–Crippen LogP) is -1.51. The minimum absolute atomic E-state index is 0.0295. The Morgan fingerprint density at radius 1 is 0.486 bits per heavy atom. The number of aryl methyl sites for hydroxylation is 2. The number of amides is 2. The maximum Gasteiger partial charge on any atom is 0.363 e. The third-order valence-corrected chi connectivity index (χ3v) is 14.3.